The van der Waals surface area contributed by atoms with E-state index in [0.29, 0.717) is 11.9 Å². The number of hydrogen-bond donors (Lipinski definition) is 1. The molecule has 0 atom stereocenters. The van der Waals surface area contributed by atoms with Crippen LogP contribution in [0.1, 0.15) is 10.6 Å². The van der Waals surface area contributed by atoms with E-state index in [2.05, 4.69) is 0 Å². The van der Waals surface area contributed by atoms with Gasteiger partial charge in [-0.15, -0.1) is 0 Å². The zero-order chi connectivity index (χ0) is 7.56. The van der Waals surface area contributed by atoms with Gasteiger partial charge in [-0.1, -0.05) is 6.82 Å². The second kappa shape index (κ2) is 2.71. The van der Waals surface area contributed by atoms with Gasteiger partial charge in [-0.25, -0.2) is 0 Å². The van der Waals surface area contributed by atoms with Crippen molar-refractivity contribution < 1.29 is 14.2 Å². The third-order valence-corrected chi connectivity index (χ3v) is 1.18. The molecule has 0 saturated carbocycles. The van der Waals surface area contributed by atoms with Gasteiger partial charge in [0, 0.05) is 0 Å². The van der Waals surface area contributed by atoms with Crippen molar-refractivity contribution in [2.75, 3.05) is 0 Å². The van der Waals surface area contributed by atoms with E-state index in [1.807, 2.05) is 0 Å². The molecule has 0 fully saturated rings. The maximum absolute atomic E-state index is 10.1. The van der Waals surface area contributed by atoms with Crippen LogP contribution in [0.2, 0.25) is 6.82 Å². The zero-order valence-electron chi connectivity index (χ0n) is 5.57. The summed E-state index contributed by atoms with van der Waals surface area (Å²) in [6.07, 6.45) is 0.603. The molecule has 3 nitrogen and oxygen atoms in total. The molecular weight excluding hydrogens is 131 g/mol. The minimum absolute atomic E-state index is 0.246. The van der Waals surface area contributed by atoms with Crippen molar-refractivity contribution in [1.82, 2.24) is 0 Å². The molecule has 1 heterocycles. The predicted octanol–water partition coefficient (Wildman–Crippen LogP) is -0.0873. The van der Waals surface area contributed by atoms with E-state index >= 15 is 0 Å². The lowest BCUT2D eigenvalue weighted by Gasteiger charge is -1.90. The van der Waals surface area contributed by atoms with Gasteiger partial charge in [0.2, 0.25) is 0 Å². The van der Waals surface area contributed by atoms with Crippen LogP contribution in [0.25, 0.3) is 0 Å². The Morgan fingerprint density at radius 3 is 2.70 bits per heavy atom. The maximum atomic E-state index is 10.1. The highest BCUT2D eigenvalue weighted by Gasteiger charge is 2.10. The van der Waals surface area contributed by atoms with Crippen LogP contribution >= 0.6 is 0 Å². The minimum atomic E-state index is -0.645. The van der Waals surface area contributed by atoms with Crippen molar-refractivity contribution in [2.24, 2.45) is 0 Å². The summed E-state index contributed by atoms with van der Waals surface area (Å²) in [4.78, 5) is 10.1. The van der Waals surface area contributed by atoms with Crippen molar-refractivity contribution >= 4 is 18.9 Å². The van der Waals surface area contributed by atoms with Crippen LogP contribution in [0.5, 0.6) is 0 Å². The first kappa shape index (κ1) is 7.09. The van der Waals surface area contributed by atoms with Crippen molar-refractivity contribution in [3.8, 4) is 0 Å². The summed E-state index contributed by atoms with van der Waals surface area (Å²) in [6, 6.07) is 3.10. The first-order valence-electron chi connectivity index (χ1n) is 2.97. The summed E-state index contributed by atoms with van der Waals surface area (Å²) in [6.45, 7) is 0.932. The quantitative estimate of drug-likeness (QED) is 0.459. The number of rotatable bonds is 2. The normalized spacial score (nSPS) is 9.40. The molecule has 4 heteroatoms. The average molecular weight is 138 g/mol. The summed E-state index contributed by atoms with van der Waals surface area (Å²) in [7, 11) is 0. The smallest absolute Gasteiger partial charge is 0.362 e. The standard InChI is InChI=1S/C6H7BO3/c1-7(9)6-3-2-5(4-8)10-6/h2-4,9H,1H3. The fourth-order valence-electron chi connectivity index (χ4n) is 0.656. The van der Waals surface area contributed by atoms with Gasteiger partial charge in [-0.2, -0.15) is 0 Å². The van der Waals surface area contributed by atoms with E-state index in [9.17, 15) is 4.79 Å². The number of furan rings is 1. The van der Waals surface area contributed by atoms with Crippen LogP contribution in [0.15, 0.2) is 16.5 Å². The molecule has 0 aliphatic carbocycles. The topological polar surface area (TPSA) is 50.4 Å². The monoisotopic (exact) mass is 138 g/mol. The molecule has 10 heavy (non-hydrogen) atoms. The van der Waals surface area contributed by atoms with Gasteiger partial charge in [0.15, 0.2) is 12.0 Å². The highest BCUT2D eigenvalue weighted by atomic mass is 16.4. The van der Waals surface area contributed by atoms with Crippen LogP contribution in [0.3, 0.4) is 0 Å². The third kappa shape index (κ3) is 1.27. The average Bonchev–Trinajstić information content (AvgIpc) is 2.34. The lowest BCUT2D eigenvalue weighted by Crippen LogP contribution is -2.23. The molecule has 52 valence electrons. The molecule has 0 amide bonds. The molecule has 0 unspecified atom stereocenters. The second-order valence-electron chi connectivity index (χ2n) is 2.03. The minimum Gasteiger partial charge on any atom is -0.465 e. The number of carbonyl (C=O) groups excluding carboxylic acids is 1. The van der Waals surface area contributed by atoms with Crippen LogP contribution < -0.4 is 5.66 Å². The molecule has 1 N–H and O–H groups in total. The van der Waals surface area contributed by atoms with Crippen LogP contribution in [0, 0.1) is 0 Å². The molecule has 0 spiro atoms. The van der Waals surface area contributed by atoms with Crippen LogP contribution in [-0.2, 0) is 0 Å². The lowest BCUT2D eigenvalue weighted by molar-refractivity contribution is 0.110. The fraction of sp³-hybridized carbons (Fsp3) is 0.167. The van der Waals surface area contributed by atoms with E-state index < -0.39 is 6.92 Å². The molecule has 0 bridgehead atoms. The molecule has 1 rings (SSSR count). The van der Waals surface area contributed by atoms with Crippen molar-refractivity contribution in [3.63, 3.8) is 0 Å². The van der Waals surface area contributed by atoms with Gasteiger partial charge in [0.05, 0.1) is 5.66 Å². The summed E-state index contributed by atoms with van der Waals surface area (Å²) < 4.78 is 4.88. The number of carbonyl (C=O) groups is 1. The first-order valence-corrected chi connectivity index (χ1v) is 2.97. The summed E-state index contributed by atoms with van der Waals surface area (Å²) in [5.41, 5.74) is 0.419. The molecule has 0 aromatic carbocycles. The van der Waals surface area contributed by atoms with E-state index in [0.717, 1.165) is 0 Å². The Hall–Kier alpha value is -1.03. The molecule has 0 saturated heterocycles. The Balaban J connectivity index is 2.88. The Bertz CT molecular complexity index is 229. The largest absolute Gasteiger partial charge is 0.465 e. The number of aldehydes is 1. The van der Waals surface area contributed by atoms with Gasteiger partial charge in [-0.3, -0.25) is 4.79 Å². The first-order chi connectivity index (χ1) is 4.74. The molecule has 0 aliphatic rings. The van der Waals surface area contributed by atoms with Gasteiger partial charge in [0.1, 0.15) is 0 Å². The van der Waals surface area contributed by atoms with Gasteiger partial charge < -0.3 is 9.44 Å². The van der Waals surface area contributed by atoms with Crippen molar-refractivity contribution in [3.05, 3.63) is 17.9 Å². The highest BCUT2D eigenvalue weighted by molar-refractivity contribution is 6.63. The van der Waals surface area contributed by atoms with E-state index in [1.54, 1.807) is 12.9 Å². The Labute approximate surface area is 58.8 Å². The second-order valence-corrected chi connectivity index (χ2v) is 2.03. The summed E-state index contributed by atoms with van der Waals surface area (Å²) in [5, 5.41) is 8.92. The fourth-order valence-corrected chi connectivity index (χ4v) is 0.656. The molecule has 0 radical (unpaired) electrons. The molecular formula is C6H7BO3. The third-order valence-electron chi connectivity index (χ3n) is 1.18. The van der Waals surface area contributed by atoms with Crippen LogP contribution in [-0.4, -0.2) is 18.2 Å². The van der Waals surface area contributed by atoms with Crippen LogP contribution in [0.4, 0.5) is 0 Å². The van der Waals surface area contributed by atoms with Gasteiger partial charge in [-0.05, 0) is 12.1 Å². The van der Waals surface area contributed by atoms with E-state index in [1.165, 1.54) is 6.07 Å². The Morgan fingerprint density at radius 2 is 2.40 bits per heavy atom. The Kier molecular flexibility index (Phi) is 1.92. The molecule has 0 aliphatic heterocycles. The zero-order valence-corrected chi connectivity index (χ0v) is 5.57. The summed E-state index contributed by atoms with van der Waals surface area (Å²) in [5.74, 6) is 0.246. The maximum Gasteiger partial charge on any atom is 0.362 e. The van der Waals surface area contributed by atoms with Gasteiger partial charge in [0.25, 0.3) is 0 Å². The van der Waals surface area contributed by atoms with Crippen molar-refractivity contribution in [2.45, 2.75) is 6.82 Å². The Morgan fingerprint density at radius 1 is 1.70 bits per heavy atom. The van der Waals surface area contributed by atoms with Gasteiger partial charge >= 0.3 is 6.92 Å². The SMILES string of the molecule is CB(O)c1ccc(C=O)o1. The van der Waals surface area contributed by atoms with Crippen molar-refractivity contribution in [1.29, 1.82) is 0 Å². The lowest BCUT2D eigenvalue weighted by atomic mass is 9.69. The van der Waals surface area contributed by atoms with E-state index in [-0.39, 0.29) is 5.76 Å². The van der Waals surface area contributed by atoms with E-state index in [4.69, 9.17) is 9.44 Å². The number of hydrogen-bond acceptors (Lipinski definition) is 3. The molecule has 1 aromatic rings. The predicted molar refractivity (Wildman–Crippen MR) is 37.6 cm³/mol. The summed E-state index contributed by atoms with van der Waals surface area (Å²) >= 11 is 0. The highest BCUT2D eigenvalue weighted by Crippen LogP contribution is 1.94. The molecule has 1 aromatic heterocycles.